The van der Waals surface area contributed by atoms with Crippen molar-refractivity contribution in [1.82, 2.24) is 14.9 Å². The Labute approximate surface area is 161 Å². The number of unbranched alkanes of at least 4 members (excludes halogenated alkanes) is 1. The van der Waals surface area contributed by atoms with Gasteiger partial charge in [-0.3, -0.25) is 9.69 Å². The summed E-state index contributed by atoms with van der Waals surface area (Å²) in [5.74, 6) is 1.31. The Morgan fingerprint density at radius 3 is 2.85 bits per heavy atom. The van der Waals surface area contributed by atoms with Crippen LogP contribution in [0.3, 0.4) is 0 Å². The number of hydrogen-bond acceptors (Lipinski definition) is 4. The van der Waals surface area contributed by atoms with E-state index in [0.29, 0.717) is 11.7 Å². The summed E-state index contributed by atoms with van der Waals surface area (Å²) in [6, 6.07) is 10.0. The van der Waals surface area contributed by atoms with Gasteiger partial charge in [-0.05, 0) is 43.7 Å². The molecule has 0 aliphatic carbocycles. The summed E-state index contributed by atoms with van der Waals surface area (Å²) < 4.78 is 5.33. The van der Waals surface area contributed by atoms with E-state index in [1.165, 1.54) is 18.4 Å². The fourth-order valence-electron chi connectivity index (χ4n) is 3.82. The van der Waals surface area contributed by atoms with Gasteiger partial charge in [0.05, 0.1) is 6.61 Å². The Hall–Kier alpha value is -1.98. The van der Waals surface area contributed by atoms with Gasteiger partial charge in [-0.2, -0.15) is 0 Å². The van der Waals surface area contributed by atoms with Crippen molar-refractivity contribution in [3.8, 4) is 11.4 Å². The Balaban J connectivity index is 1.66. The SMILES string of the molecule is CCCCc1cc(=O)[nH]c(-c2ccc(CN3CCCC(COC)C3)cc2)n1. The molecule has 2 heterocycles. The Kier molecular flexibility index (Phi) is 7.18. The summed E-state index contributed by atoms with van der Waals surface area (Å²) >= 11 is 0. The summed E-state index contributed by atoms with van der Waals surface area (Å²) in [5.41, 5.74) is 3.05. The quantitative estimate of drug-likeness (QED) is 0.772. The maximum Gasteiger partial charge on any atom is 0.251 e. The van der Waals surface area contributed by atoms with Crippen molar-refractivity contribution in [2.45, 2.75) is 45.6 Å². The second kappa shape index (κ2) is 9.81. The highest BCUT2D eigenvalue weighted by Crippen LogP contribution is 2.20. The van der Waals surface area contributed by atoms with E-state index in [-0.39, 0.29) is 5.56 Å². The number of benzene rings is 1. The number of H-pyrrole nitrogens is 1. The first kappa shape index (κ1) is 19.8. The lowest BCUT2D eigenvalue weighted by atomic mass is 9.98. The second-order valence-electron chi connectivity index (χ2n) is 7.58. The molecule has 0 amide bonds. The number of likely N-dealkylation sites (tertiary alicyclic amines) is 1. The number of piperidine rings is 1. The molecule has 1 atom stereocenters. The summed E-state index contributed by atoms with van der Waals surface area (Å²) in [6.45, 7) is 6.21. The lowest BCUT2D eigenvalue weighted by Gasteiger charge is -2.32. The van der Waals surface area contributed by atoms with Crippen LogP contribution in [0.5, 0.6) is 0 Å². The Morgan fingerprint density at radius 2 is 2.11 bits per heavy atom. The molecule has 5 nitrogen and oxygen atoms in total. The molecule has 0 radical (unpaired) electrons. The summed E-state index contributed by atoms with van der Waals surface area (Å²) in [7, 11) is 1.79. The highest BCUT2D eigenvalue weighted by atomic mass is 16.5. The molecule has 1 saturated heterocycles. The van der Waals surface area contributed by atoms with Gasteiger partial charge in [0.15, 0.2) is 0 Å². The van der Waals surface area contributed by atoms with Crippen LogP contribution in [-0.4, -0.2) is 41.7 Å². The Bertz CT molecular complexity index is 768. The zero-order chi connectivity index (χ0) is 19.1. The average molecular weight is 370 g/mol. The van der Waals surface area contributed by atoms with Crippen LogP contribution in [0.15, 0.2) is 35.1 Å². The van der Waals surface area contributed by atoms with Crippen molar-refractivity contribution >= 4 is 0 Å². The van der Waals surface area contributed by atoms with E-state index < -0.39 is 0 Å². The van der Waals surface area contributed by atoms with Gasteiger partial charge in [0.1, 0.15) is 5.82 Å². The molecule has 0 saturated carbocycles. The van der Waals surface area contributed by atoms with Crippen LogP contribution in [-0.2, 0) is 17.7 Å². The van der Waals surface area contributed by atoms with E-state index in [1.807, 2.05) is 0 Å². The van der Waals surface area contributed by atoms with Gasteiger partial charge >= 0.3 is 0 Å². The third kappa shape index (κ3) is 5.75. The van der Waals surface area contributed by atoms with Gasteiger partial charge in [-0.1, -0.05) is 37.6 Å². The predicted molar refractivity (Wildman–Crippen MR) is 109 cm³/mol. The standard InChI is InChI=1S/C22H31N3O2/c1-3-4-7-20-13-21(26)24-22(23-20)19-10-8-17(9-11-19)14-25-12-5-6-18(15-25)16-27-2/h8-11,13,18H,3-7,12,14-16H2,1-2H3,(H,23,24,26). The van der Waals surface area contributed by atoms with Gasteiger partial charge in [-0.15, -0.1) is 0 Å². The molecule has 0 bridgehead atoms. The fraction of sp³-hybridized carbons (Fsp3) is 0.545. The maximum atomic E-state index is 11.9. The minimum atomic E-state index is -0.0762. The summed E-state index contributed by atoms with van der Waals surface area (Å²) in [6.07, 6.45) is 5.50. The molecule has 27 heavy (non-hydrogen) atoms. The first-order chi connectivity index (χ1) is 13.2. The third-order valence-corrected chi connectivity index (χ3v) is 5.22. The molecule has 1 aromatic heterocycles. The first-order valence-corrected chi connectivity index (χ1v) is 10.1. The highest BCUT2D eigenvalue weighted by Gasteiger charge is 2.19. The van der Waals surface area contributed by atoms with Crippen molar-refractivity contribution in [1.29, 1.82) is 0 Å². The molecule has 1 aliphatic heterocycles. The van der Waals surface area contributed by atoms with Crippen LogP contribution in [0.4, 0.5) is 0 Å². The highest BCUT2D eigenvalue weighted by molar-refractivity contribution is 5.55. The molecule has 1 N–H and O–H groups in total. The molecule has 5 heteroatoms. The van der Waals surface area contributed by atoms with Crippen LogP contribution >= 0.6 is 0 Å². The molecular formula is C22H31N3O2. The second-order valence-corrected chi connectivity index (χ2v) is 7.58. The number of ether oxygens (including phenoxy) is 1. The molecule has 1 aromatic carbocycles. The molecule has 2 aromatic rings. The predicted octanol–water partition coefficient (Wildman–Crippen LogP) is 3.64. The van der Waals surface area contributed by atoms with Crippen LogP contribution in [0.1, 0.15) is 43.9 Å². The van der Waals surface area contributed by atoms with Gasteiger partial charge in [0, 0.05) is 37.5 Å². The van der Waals surface area contributed by atoms with Crippen molar-refractivity contribution in [3.63, 3.8) is 0 Å². The van der Waals surface area contributed by atoms with E-state index in [1.54, 1.807) is 13.2 Å². The van der Waals surface area contributed by atoms with Gasteiger partial charge in [-0.25, -0.2) is 4.98 Å². The minimum absolute atomic E-state index is 0.0762. The molecule has 1 unspecified atom stereocenters. The van der Waals surface area contributed by atoms with E-state index in [2.05, 4.69) is 46.1 Å². The number of hydrogen-bond donors (Lipinski definition) is 1. The number of aromatic nitrogens is 2. The lowest BCUT2D eigenvalue weighted by molar-refractivity contribution is 0.0874. The largest absolute Gasteiger partial charge is 0.384 e. The fourth-order valence-corrected chi connectivity index (χ4v) is 3.82. The van der Waals surface area contributed by atoms with Gasteiger partial charge in [0.25, 0.3) is 5.56 Å². The molecule has 1 fully saturated rings. The van der Waals surface area contributed by atoms with Crippen LogP contribution in [0.2, 0.25) is 0 Å². The third-order valence-electron chi connectivity index (χ3n) is 5.22. The van der Waals surface area contributed by atoms with E-state index >= 15 is 0 Å². The first-order valence-electron chi connectivity index (χ1n) is 10.1. The number of nitrogens with zero attached hydrogens (tertiary/aromatic N) is 2. The molecule has 1 aliphatic rings. The maximum absolute atomic E-state index is 11.9. The van der Waals surface area contributed by atoms with Crippen LogP contribution < -0.4 is 5.56 Å². The smallest absolute Gasteiger partial charge is 0.251 e. The zero-order valence-electron chi connectivity index (χ0n) is 16.5. The monoisotopic (exact) mass is 369 g/mol. The van der Waals surface area contributed by atoms with Gasteiger partial charge < -0.3 is 9.72 Å². The van der Waals surface area contributed by atoms with Crippen molar-refractivity contribution in [2.24, 2.45) is 5.92 Å². The molecule has 3 rings (SSSR count). The molecule has 0 spiro atoms. The van der Waals surface area contributed by atoms with E-state index in [9.17, 15) is 4.79 Å². The number of aromatic amines is 1. The lowest BCUT2D eigenvalue weighted by Crippen LogP contribution is -2.36. The minimum Gasteiger partial charge on any atom is -0.384 e. The Morgan fingerprint density at radius 1 is 1.30 bits per heavy atom. The number of aryl methyl sites for hydroxylation is 1. The number of nitrogens with one attached hydrogen (secondary N) is 1. The average Bonchev–Trinajstić information content (AvgIpc) is 2.67. The number of methoxy groups -OCH3 is 1. The molecule has 146 valence electrons. The van der Waals surface area contributed by atoms with Crippen LogP contribution in [0.25, 0.3) is 11.4 Å². The van der Waals surface area contributed by atoms with Crippen LogP contribution in [0, 0.1) is 5.92 Å². The van der Waals surface area contributed by atoms with Crippen molar-refractivity contribution in [2.75, 3.05) is 26.8 Å². The zero-order valence-corrected chi connectivity index (χ0v) is 16.5. The topological polar surface area (TPSA) is 58.2 Å². The van der Waals surface area contributed by atoms with E-state index in [4.69, 9.17) is 4.74 Å². The summed E-state index contributed by atoms with van der Waals surface area (Å²) in [4.78, 5) is 22.0. The van der Waals surface area contributed by atoms with Crippen molar-refractivity contribution in [3.05, 3.63) is 51.9 Å². The summed E-state index contributed by atoms with van der Waals surface area (Å²) in [5, 5.41) is 0. The number of rotatable bonds is 8. The molecular weight excluding hydrogens is 338 g/mol. The van der Waals surface area contributed by atoms with E-state index in [0.717, 1.165) is 56.8 Å². The normalized spacial score (nSPS) is 17.9. The van der Waals surface area contributed by atoms with Gasteiger partial charge in [0.2, 0.25) is 0 Å². The van der Waals surface area contributed by atoms with Crippen molar-refractivity contribution < 1.29 is 4.74 Å².